The van der Waals surface area contributed by atoms with E-state index in [1.807, 2.05) is 0 Å². The lowest BCUT2D eigenvalue weighted by Gasteiger charge is -2.31. The SMILES string of the molecule is Nc1ccc2c(c1)N(CC1(N)CC1)C(=O)CO2. The number of amides is 1. The molecule has 1 aliphatic carbocycles. The summed E-state index contributed by atoms with van der Waals surface area (Å²) in [5.74, 6) is 0.642. The molecule has 1 saturated carbocycles. The van der Waals surface area contributed by atoms with E-state index in [0.29, 0.717) is 18.0 Å². The lowest BCUT2D eigenvalue weighted by Crippen LogP contribution is -2.46. The number of hydrogen-bond donors (Lipinski definition) is 2. The fraction of sp³-hybridized carbons (Fsp3) is 0.417. The van der Waals surface area contributed by atoms with E-state index in [1.165, 1.54) is 0 Å². The Hall–Kier alpha value is -1.75. The molecule has 0 spiro atoms. The van der Waals surface area contributed by atoms with Crippen LogP contribution in [0, 0.1) is 0 Å². The smallest absolute Gasteiger partial charge is 0.265 e. The second-order valence-corrected chi connectivity index (χ2v) is 4.86. The highest BCUT2D eigenvalue weighted by atomic mass is 16.5. The van der Waals surface area contributed by atoms with Crippen LogP contribution in [0.4, 0.5) is 11.4 Å². The third-order valence-corrected chi connectivity index (χ3v) is 3.29. The third-order valence-electron chi connectivity index (χ3n) is 3.29. The van der Waals surface area contributed by atoms with Crippen LogP contribution in [0.25, 0.3) is 0 Å². The van der Waals surface area contributed by atoms with Gasteiger partial charge in [-0.25, -0.2) is 0 Å². The molecule has 1 aromatic carbocycles. The first-order chi connectivity index (χ1) is 8.07. The Bertz CT molecular complexity index is 483. The Labute approximate surface area is 99.3 Å². The zero-order chi connectivity index (χ0) is 12.0. The summed E-state index contributed by atoms with van der Waals surface area (Å²) in [4.78, 5) is 13.6. The van der Waals surface area contributed by atoms with Gasteiger partial charge in [0.1, 0.15) is 5.75 Å². The highest BCUT2D eigenvalue weighted by molar-refractivity contribution is 5.98. The van der Waals surface area contributed by atoms with Crippen LogP contribution in [0.5, 0.6) is 5.75 Å². The minimum absolute atomic E-state index is 0.0557. The molecule has 1 fully saturated rings. The molecular weight excluding hydrogens is 218 g/mol. The summed E-state index contributed by atoms with van der Waals surface area (Å²) >= 11 is 0. The number of fused-ring (bicyclic) bond motifs is 1. The van der Waals surface area contributed by atoms with E-state index < -0.39 is 0 Å². The standard InChI is InChI=1S/C12H15N3O2/c13-8-1-2-10-9(5-8)15(11(16)6-17-10)7-12(14)3-4-12/h1-2,5H,3-4,6-7,13-14H2. The Morgan fingerprint density at radius 2 is 2.18 bits per heavy atom. The summed E-state index contributed by atoms with van der Waals surface area (Å²) < 4.78 is 5.37. The maximum absolute atomic E-state index is 11.9. The molecule has 1 aliphatic heterocycles. The zero-order valence-electron chi connectivity index (χ0n) is 9.48. The van der Waals surface area contributed by atoms with E-state index in [4.69, 9.17) is 16.2 Å². The quantitative estimate of drug-likeness (QED) is 0.728. The van der Waals surface area contributed by atoms with E-state index in [-0.39, 0.29) is 18.1 Å². The Balaban J connectivity index is 1.97. The van der Waals surface area contributed by atoms with Crippen molar-refractivity contribution in [3.8, 4) is 5.75 Å². The number of hydrogen-bond acceptors (Lipinski definition) is 4. The number of benzene rings is 1. The molecule has 0 atom stereocenters. The van der Waals surface area contributed by atoms with Gasteiger partial charge in [0.25, 0.3) is 5.91 Å². The molecule has 90 valence electrons. The number of carbonyl (C=O) groups is 1. The fourth-order valence-electron chi connectivity index (χ4n) is 2.03. The molecule has 3 rings (SSSR count). The van der Waals surface area contributed by atoms with Crippen LogP contribution in [-0.4, -0.2) is 24.6 Å². The predicted molar refractivity (Wildman–Crippen MR) is 64.9 cm³/mol. The molecule has 0 unspecified atom stereocenters. The van der Waals surface area contributed by atoms with Crippen molar-refractivity contribution in [1.29, 1.82) is 0 Å². The first kappa shape index (κ1) is 10.4. The molecular formula is C12H15N3O2. The predicted octanol–water partition coefficient (Wildman–Crippen LogP) is 0.485. The van der Waals surface area contributed by atoms with Crippen molar-refractivity contribution < 1.29 is 9.53 Å². The van der Waals surface area contributed by atoms with Gasteiger partial charge in [-0.2, -0.15) is 0 Å². The molecule has 0 aromatic heterocycles. The van der Waals surface area contributed by atoms with Crippen molar-refractivity contribution in [1.82, 2.24) is 0 Å². The summed E-state index contributed by atoms with van der Waals surface area (Å²) in [6, 6.07) is 5.32. The van der Waals surface area contributed by atoms with E-state index >= 15 is 0 Å². The number of carbonyl (C=O) groups excluding carboxylic acids is 1. The van der Waals surface area contributed by atoms with Crippen LogP contribution in [0.15, 0.2) is 18.2 Å². The first-order valence-electron chi connectivity index (χ1n) is 5.69. The van der Waals surface area contributed by atoms with Crippen molar-refractivity contribution in [2.24, 2.45) is 5.73 Å². The largest absolute Gasteiger partial charge is 0.482 e. The second-order valence-electron chi connectivity index (χ2n) is 4.86. The first-order valence-corrected chi connectivity index (χ1v) is 5.69. The summed E-state index contributed by atoms with van der Waals surface area (Å²) in [6.45, 7) is 0.624. The maximum Gasteiger partial charge on any atom is 0.265 e. The van der Waals surface area contributed by atoms with Crippen molar-refractivity contribution >= 4 is 17.3 Å². The van der Waals surface area contributed by atoms with Gasteiger partial charge in [0.2, 0.25) is 0 Å². The van der Waals surface area contributed by atoms with Crippen LogP contribution in [0.3, 0.4) is 0 Å². The van der Waals surface area contributed by atoms with Gasteiger partial charge < -0.3 is 21.1 Å². The number of ether oxygens (including phenoxy) is 1. The molecule has 0 bridgehead atoms. The van der Waals surface area contributed by atoms with Crippen molar-refractivity contribution in [2.45, 2.75) is 18.4 Å². The molecule has 0 saturated heterocycles. The molecule has 0 radical (unpaired) electrons. The molecule has 17 heavy (non-hydrogen) atoms. The summed E-state index contributed by atoms with van der Waals surface area (Å²) in [5, 5.41) is 0. The van der Waals surface area contributed by atoms with Crippen molar-refractivity contribution in [3.05, 3.63) is 18.2 Å². The van der Waals surface area contributed by atoms with Gasteiger partial charge in [0, 0.05) is 17.8 Å². The van der Waals surface area contributed by atoms with Crippen LogP contribution in [-0.2, 0) is 4.79 Å². The van der Waals surface area contributed by atoms with Gasteiger partial charge in [-0.15, -0.1) is 0 Å². The van der Waals surface area contributed by atoms with Gasteiger partial charge in [-0.1, -0.05) is 0 Å². The van der Waals surface area contributed by atoms with Crippen LogP contribution >= 0.6 is 0 Å². The number of nitrogens with two attached hydrogens (primary N) is 2. The van der Waals surface area contributed by atoms with Gasteiger partial charge in [-0.3, -0.25) is 4.79 Å². The Kier molecular flexibility index (Phi) is 2.06. The molecule has 2 aliphatic rings. The average molecular weight is 233 g/mol. The van der Waals surface area contributed by atoms with Crippen LogP contribution < -0.4 is 21.1 Å². The minimum Gasteiger partial charge on any atom is -0.482 e. The van der Waals surface area contributed by atoms with E-state index in [1.54, 1.807) is 23.1 Å². The molecule has 1 heterocycles. The van der Waals surface area contributed by atoms with E-state index in [9.17, 15) is 4.79 Å². The summed E-state index contributed by atoms with van der Waals surface area (Å²) in [6.07, 6.45) is 1.94. The Morgan fingerprint density at radius 3 is 2.88 bits per heavy atom. The number of anilines is 2. The molecule has 4 N–H and O–H groups in total. The normalized spacial score (nSPS) is 20.8. The third kappa shape index (κ3) is 1.82. The molecule has 5 heteroatoms. The zero-order valence-corrected chi connectivity index (χ0v) is 9.48. The van der Waals surface area contributed by atoms with E-state index in [2.05, 4.69) is 0 Å². The lowest BCUT2D eigenvalue weighted by molar-refractivity contribution is -0.121. The van der Waals surface area contributed by atoms with Gasteiger partial charge in [0.15, 0.2) is 6.61 Å². The second kappa shape index (κ2) is 3.37. The van der Waals surface area contributed by atoms with E-state index in [0.717, 1.165) is 18.5 Å². The maximum atomic E-state index is 11.9. The summed E-state index contributed by atoms with van der Waals surface area (Å²) in [7, 11) is 0. The number of nitrogen functional groups attached to an aromatic ring is 1. The molecule has 5 nitrogen and oxygen atoms in total. The monoisotopic (exact) mass is 233 g/mol. The number of nitrogens with zero attached hydrogens (tertiary/aromatic N) is 1. The van der Waals surface area contributed by atoms with Crippen molar-refractivity contribution in [3.63, 3.8) is 0 Å². The van der Waals surface area contributed by atoms with Crippen LogP contribution in [0.2, 0.25) is 0 Å². The van der Waals surface area contributed by atoms with Gasteiger partial charge in [-0.05, 0) is 31.0 Å². The van der Waals surface area contributed by atoms with Gasteiger partial charge in [0.05, 0.1) is 5.69 Å². The summed E-state index contributed by atoms with van der Waals surface area (Å²) in [5.41, 5.74) is 13.0. The Morgan fingerprint density at radius 1 is 1.41 bits per heavy atom. The molecule has 1 amide bonds. The lowest BCUT2D eigenvalue weighted by atomic mass is 10.1. The van der Waals surface area contributed by atoms with Gasteiger partial charge >= 0.3 is 0 Å². The van der Waals surface area contributed by atoms with Crippen LogP contribution in [0.1, 0.15) is 12.8 Å². The number of rotatable bonds is 2. The topological polar surface area (TPSA) is 81.6 Å². The highest BCUT2D eigenvalue weighted by Crippen LogP contribution is 2.39. The van der Waals surface area contributed by atoms with Crippen molar-refractivity contribution in [2.75, 3.05) is 23.8 Å². The highest BCUT2D eigenvalue weighted by Gasteiger charge is 2.42. The fourth-order valence-corrected chi connectivity index (χ4v) is 2.03. The minimum atomic E-state index is -0.213. The average Bonchev–Trinajstić information content (AvgIpc) is 3.01. The molecule has 1 aromatic rings.